The molecule has 12 heavy (non-hydrogen) atoms. The van der Waals surface area contributed by atoms with Crippen molar-refractivity contribution in [1.82, 2.24) is 0 Å². The van der Waals surface area contributed by atoms with Gasteiger partial charge in [0.1, 0.15) is 0 Å². The number of methoxy groups -OCH3 is 2. The van der Waals surface area contributed by atoms with Crippen LogP contribution in [0, 0.1) is 6.92 Å². The third-order valence-corrected chi connectivity index (χ3v) is 1.47. The minimum Gasteiger partial charge on any atom is -1.00 e. The first-order valence-electron chi connectivity index (χ1n) is 3.70. The van der Waals surface area contributed by atoms with Crippen LogP contribution in [0.3, 0.4) is 0 Å². The Balaban J connectivity index is -0.000000405. The maximum absolute atomic E-state index is 5.00. The number of halogens is 1. The van der Waals surface area contributed by atoms with E-state index in [4.69, 9.17) is 9.47 Å². The molecule has 0 N–H and O–H groups in total. The molecule has 0 radical (unpaired) electrons. The maximum Gasteiger partial charge on any atom is 2.00 e. The van der Waals surface area contributed by atoms with Crippen LogP contribution in [-0.4, -0.2) is 43.6 Å². The average molecular weight is 249 g/mol. The minimum atomic E-state index is -0.0217. The van der Waals surface area contributed by atoms with Gasteiger partial charge >= 0.3 is 23.1 Å². The second kappa shape index (κ2) is 14.7. The van der Waals surface area contributed by atoms with Crippen LogP contribution in [0.25, 0.3) is 0 Å². The largest absolute Gasteiger partial charge is 2.00 e. The van der Waals surface area contributed by atoms with E-state index >= 15 is 0 Å². The van der Waals surface area contributed by atoms with E-state index in [-0.39, 0.29) is 46.3 Å². The van der Waals surface area contributed by atoms with E-state index in [0.717, 1.165) is 25.7 Å². The third kappa shape index (κ3) is 11.2. The van der Waals surface area contributed by atoms with Crippen molar-refractivity contribution in [3.63, 3.8) is 0 Å². The summed E-state index contributed by atoms with van der Waals surface area (Å²) in [6.07, 6.45) is 4.24. The van der Waals surface area contributed by atoms with Gasteiger partial charge in [0.25, 0.3) is 0 Å². The van der Waals surface area contributed by atoms with E-state index in [1.807, 2.05) is 0 Å². The molecule has 0 aliphatic rings. The molecular weight excluding hydrogens is 232 g/mol. The second-order valence-corrected chi connectivity index (χ2v) is 2.25. The number of hydrogen-bond donors (Lipinski definition) is 0. The first-order chi connectivity index (χ1) is 4.85. The Morgan fingerprint density at radius 2 is 1.67 bits per heavy atom. The fourth-order valence-electron chi connectivity index (χ4n) is 0.820. The molecule has 0 aromatic heterocycles. The van der Waals surface area contributed by atoms with Gasteiger partial charge in [0.2, 0.25) is 0 Å². The van der Waals surface area contributed by atoms with Gasteiger partial charge in [-0.15, -0.1) is 0 Å². The molecule has 0 rings (SSSR count). The van der Waals surface area contributed by atoms with Crippen molar-refractivity contribution in [2.75, 3.05) is 14.2 Å². The predicted molar refractivity (Wildman–Crippen MR) is 47.4 cm³/mol. The van der Waals surface area contributed by atoms with Crippen molar-refractivity contribution in [1.29, 1.82) is 0 Å². The van der Waals surface area contributed by atoms with Gasteiger partial charge in [-0.2, -0.15) is 6.42 Å². The molecule has 0 aliphatic carbocycles. The first kappa shape index (κ1) is 18.9. The van der Waals surface area contributed by atoms with Gasteiger partial charge < -0.3 is 33.4 Å². The molecule has 0 saturated heterocycles. The molecule has 0 spiro atoms. The van der Waals surface area contributed by atoms with Gasteiger partial charge in [-0.25, -0.2) is 0 Å². The van der Waals surface area contributed by atoms with Crippen LogP contribution in [-0.2, 0) is 9.47 Å². The smallest absolute Gasteiger partial charge is 1.00 e. The zero-order chi connectivity index (χ0) is 7.82. The standard InChI is InChI=1S/C8H17O2.BrH.Mg/c1-4-5-6-7-8(9-2)10-3;;/h8H,1,4-7H2,2-3H3;1H;/q-1;;+2/p-1. The topological polar surface area (TPSA) is 18.5 Å². The minimum absolute atomic E-state index is 0. The van der Waals surface area contributed by atoms with E-state index in [1.165, 1.54) is 0 Å². The molecule has 0 aromatic rings. The van der Waals surface area contributed by atoms with Gasteiger partial charge in [-0.1, -0.05) is 12.8 Å². The van der Waals surface area contributed by atoms with Gasteiger partial charge in [-0.05, 0) is 6.42 Å². The monoisotopic (exact) mass is 248 g/mol. The van der Waals surface area contributed by atoms with Crippen molar-refractivity contribution < 1.29 is 26.5 Å². The summed E-state index contributed by atoms with van der Waals surface area (Å²) < 4.78 is 10.0. The molecule has 70 valence electrons. The zero-order valence-electron chi connectivity index (χ0n) is 8.01. The summed E-state index contributed by atoms with van der Waals surface area (Å²) in [5.41, 5.74) is 0. The maximum atomic E-state index is 5.00. The molecular formula is C8H17BrMgO2. The van der Waals surface area contributed by atoms with E-state index in [2.05, 4.69) is 6.92 Å². The molecule has 0 amide bonds. The zero-order valence-corrected chi connectivity index (χ0v) is 11.0. The number of unbranched alkanes of at least 4 members (excludes halogenated alkanes) is 2. The molecule has 0 fully saturated rings. The summed E-state index contributed by atoms with van der Waals surface area (Å²) in [5, 5.41) is 0. The average Bonchev–Trinajstić information content (AvgIpc) is 1.99. The summed E-state index contributed by atoms with van der Waals surface area (Å²) in [6.45, 7) is 3.75. The van der Waals surface area contributed by atoms with Crippen molar-refractivity contribution in [2.24, 2.45) is 0 Å². The summed E-state index contributed by atoms with van der Waals surface area (Å²) in [4.78, 5) is 0. The molecule has 0 heterocycles. The predicted octanol–water partition coefficient (Wildman–Crippen LogP) is -1.38. The van der Waals surface area contributed by atoms with E-state index in [1.54, 1.807) is 14.2 Å². The van der Waals surface area contributed by atoms with E-state index in [0.29, 0.717) is 0 Å². The molecule has 0 aromatic carbocycles. The number of ether oxygens (including phenoxy) is 2. The van der Waals surface area contributed by atoms with Crippen molar-refractivity contribution >= 4 is 23.1 Å². The fourth-order valence-corrected chi connectivity index (χ4v) is 0.820. The van der Waals surface area contributed by atoms with Crippen LogP contribution in [0.1, 0.15) is 25.7 Å². The molecule has 0 atom stereocenters. The van der Waals surface area contributed by atoms with Crippen LogP contribution in [0.4, 0.5) is 0 Å². The van der Waals surface area contributed by atoms with Crippen LogP contribution in [0.5, 0.6) is 0 Å². The van der Waals surface area contributed by atoms with Crippen LogP contribution < -0.4 is 17.0 Å². The second-order valence-electron chi connectivity index (χ2n) is 2.25. The van der Waals surface area contributed by atoms with Gasteiger partial charge in [0.05, 0.1) is 0 Å². The Bertz CT molecular complexity index is 70.1. The Kier molecular flexibility index (Phi) is 23.1. The van der Waals surface area contributed by atoms with Crippen LogP contribution in [0.15, 0.2) is 0 Å². The molecule has 0 aliphatic heterocycles. The fraction of sp³-hybridized carbons (Fsp3) is 0.875. The molecule has 0 saturated carbocycles. The Labute approximate surface area is 102 Å². The Morgan fingerprint density at radius 1 is 1.17 bits per heavy atom. The van der Waals surface area contributed by atoms with Crippen molar-refractivity contribution in [3.8, 4) is 0 Å². The normalized spacial score (nSPS) is 9.00. The first-order valence-corrected chi connectivity index (χ1v) is 3.70. The van der Waals surface area contributed by atoms with E-state index < -0.39 is 0 Å². The molecule has 0 bridgehead atoms. The van der Waals surface area contributed by atoms with Gasteiger partial charge in [0.15, 0.2) is 6.29 Å². The van der Waals surface area contributed by atoms with Gasteiger partial charge in [0, 0.05) is 14.2 Å². The quantitative estimate of drug-likeness (QED) is 0.250. The summed E-state index contributed by atoms with van der Waals surface area (Å²) >= 11 is 0. The Morgan fingerprint density at radius 3 is 2.00 bits per heavy atom. The van der Waals surface area contributed by atoms with Crippen molar-refractivity contribution in [2.45, 2.75) is 32.0 Å². The number of hydrogen-bond acceptors (Lipinski definition) is 2. The SMILES string of the molecule is [Br-].[CH2-]CCCCC(OC)OC.[Mg+2]. The summed E-state index contributed by atoms with van der Waals surface area (Å²) in [6, 6.07) is 0. The van der Waals surface area contributed by atoms with Gasteiger partial charge in [-0.3, -0.25) is 0 Å². The molecule has 0 unspecified atom stereocenters. The molecule has 2 nitrogen and oxygen atoms in total. The Hall–Kier alpha value is 1.17. The summed E-state index contributed by atoms with van der Waals surface area (Å²) in [7, 11) is 3.33. The van der Waals surface area contributed by atoms with Crippen molar-refractivity contribution in [3.05, 3.63) is 6.92 Å². The number of rotatable bonds is 6. The summed E-state index contributed by atoms with van der Waals surface area (Å²) in [5.74, 6) is 0. The third-order valence-electron chi connectivity index (χ3n) is 1.47. The molecule has 4 heteroatoms. The van der Waals surface area contributed by atoms with E-state index in [9.17, 15) is 0 Å². The van der Waals surface area contributed by atoms with Crippen LogP contribution >= 0.6 is 0 Å². The van der Waals surface area contributed by atoms with Crippen LogP contribution in [0.2, 0.25) is 0 Å².